The number of halogens is 3. The van der Waals surface area contributed by atoms with E-state index in [-0.39, 0.29) is 5.82 Å². The molecule has 0 aliphatic heterocycles. The Labute approximate surface area is 127 Å². The van der Waals surface area contributed by atoms with Crippen LogP contribution in [0.5, 0.6) is 5.75 Å². The first-order chi connectivity index (χ1) is 9.02. The van der Waals surface area contributed by atoms with Gasteiger partial charge in [-0.15, -0.1) is 0 Å². The van der Waals surface area contributed by atoms with Crippen LogP contribution in [0.25, 0.3) is 0 Å². The Bertz CT molecular complexity index is 607. The van der Waals surface area contributed by atoms with E-state index in [2.05, 4.69) is 36.8 Å². The molecule has 0 bridgehead atoms. The topological polar surface area (TPSA) is 48.1 Å². The lowest BCUT2D eigenvalue weighted by molar-refractivity contribution is 0.406. The number of pyridine rings is 1. The first kappa shape index (κ1) is 14.4. The summed E-state index contributed by atoms with van der Waals surface area (Å²) in [7, 11) is 1.52. The molecule has 0 radical (unpaired) electrons. The highest BCUT2D eigenvalue weighted by Gasteiger charge is 2.18. The number of nitrogens with zero attached hydrogens (tertiary/aromatic N) is 1. The Morgan fingerprint density at radius 1 is 1.32 bits per heavy atom. The lowest BCUT2D eigenvalue weighted by Crippen LogP contribution is -2.15. The van der Waals surface area contributed by atoms with Gasteiger partial charge in [-0.05, 0) is 56.1 Å². The van der Waals surface area contributed by atoms with Crippen LogP contribution in [0.1, 0.15) is 17.3 Å². The van der Waals surface area contributed by atoms with Crippen LogP contribution in [0, 0.1) is 5.82 Å². The molecule has 0 amide bonds. The molecule has 1 aromatic carbocycles. The number of hydrogen-bond donors (Lipinski definition) is 1. The molecule has 2 N–H and O–H groups in total. The highest BCUT2D eigenvalue weighted by atomic mass is 79.9. The molecule has 0 aliphatic carbocycles. The maximum atomic E-state index is 13.4. The smallest absolute Gasteiger partial charge is 0.124 e. The van der Waals surface area contributed by atoms with Crippen molar-refractivity contribution < 1.29 is 9.13 Å². The van der Waals surface area contributed by atoms with Gasteiger partial charge >= 0.3 is 0 Å². The molecule has 0 spiro atoms. The maximum Gasteiger partial charge on any atom is 0.124 e. The summed E-state index contributed by atoms with van der Waals surface area (Å²) >= 11 is 6.73. The zero-order valence-corrected chi connectivity index (χ0v) is 13.2. The predicted octanol–water partition coefficient (Wildman–Crippen LogP) is 3.80. The molecule has 0 saturated heterocycles. The molecule has 100 valence electrons. The highest BCUT2D eigenvalue weighted by Crippen LogP contribution is 2.32. The largest absolute Gasteiger partial charge is 0.496 e. The third-order valence-corrected chi connectivity index (χ3v) is 3.73. The summed E-state index contributed by atoms with van der Waals surface area (Å²) in [6, 6.07) is 5.51. The van der Waals surface area contributed by atoms with Crippen molar-refractivity contribution in [1.29, 1.82) is 0 Å². The zero-order valence-electron chi connectivity index (χ0n) is 10.0. The van der Waals surface area contributed by atoms with Crippen molar-refractivity contribution in [1.82, 2.24) is 4.98 Å². The molecule has 1 unspecified atom stereocenters. The summed E-state index contributed by atoms with van der Waals surface area (Å²) in [6.45, 7) is 0. The van der Waals surface area contributed by atoms with E-state index in [1.807, 2.05) is 6.07 Å². The average Bonchev–Trinajstić information content (AvgIpc) is 2.38. The number of rotatable bonds is 3. The van der Waals surface area contributed by atoms with E-state index in [0.717, 1.165) is 8.95 Å². The molecular weight excluding hydrogens is 379 g/mol. The van der Waals surface area contributed by atoms with Gasteiger partial charge in [-0.1, -0.05) is 0 Å². The third-order valence-electron chi connectivity index (χ3n) is 2.66. The van der Waals surface area contributed by atoms with Crippen LogP contribution in [0.4, 0.5) is 4.39 Å². The van der Waals surface area contributed by atoms with E-state index in [4.69, 9.17) is 10.5 Å². The molecule has 2 aromatic rings. The van der Waals surface area contributed by atoms with Gasteiger partial charge in [0, 0.05) is 20.7 Å². The van der Waals surface area contributed by atoms with Crippen molar-refractivity contribution in [3.63, 3.8) is 0 Å². The van der Waals surface area contributed by atoms with E-state index >= 15 is 0 Å². The van der Waals surface area contributed by atoms with E-state index in [9.17, 15) is 4.39 Å². The fraction of sp³-hybridized carbons (Fsp3) is 0.154. The Kier molecular flexibility index (Phi) is 4.54. The van der Waals surface area contributed by atoms with Gasteiger partial charge in [-0.2, -0.15) is 0 Å². The Morgan fingerprint density at radius 3 is 2.68 bits per heavy atom. The van der Waals surface area contributed by atoms with Gasteiger partial charge in [0.25, 0.3) is 0 Å². The predicted molar refractivity (Wildman–Crippen MR) is 78.6 cm³/mol. The van der Waals surface area contributed by atoms with Gasteiger partial charge < -0.3 is 10.5 Å². The third kappa shape index (κ3) is 3.13. The number of nitrogens with two attached hydrogens (primary N) is 1. The number of ether oxygens (including phenoxy) is 1. The molecule has 0 aliphatic rings. The number of methoxy groups -OCH3 is 1. The second-order valence-corrected chi connectivity index (χ2v) is 5.65. The van der Waals surface area contributed by atoms with Crippen molar-refractivity contribution in [2.24, 2.45) is 5.73 Å². The average molecular weight is 390 g/mol. The van der Waals surface area contributed by atoms with Crippen LogP contribution in [0.15, 0.2) is 39.4 Å². The number of benzene rings is 1. The lowest BCUT2D eigenvalue weighted by Gasteiger charge is -2.16. The molecule has 1 atom stereocenters. The van der Waals surface area contributed by atoms with Gasteiger partial charge in [0.1, 0.15) is 11.6 Å². The summed E-state index contributed by atoms with van der Waals surface area (Å²) in [4.78, 5) is 4.26. The maximum absolute atomic E-state index is 13.4. The lowest BCUT2D eigenvalue weighted by atomic mass is 10.0. The van der Waals surface area contributed by atoms with Crippen molar-refractivity contribution >= 4 is 31.9 Å². The highest BCUT2D eigenvalue weighted by molar-refractivity contribution is 9.11. The molecular formula is C13H11Br2FN2O. The number of aromatic nitrogens is 1. The quantitative estimate of drug-likeness (QED) is 0.868. The van der Waals surface area contributed by atoms with Crippen LogP contribution >= 0.6 is 31.9 Å². The summed E-state index contributed by atoms with van der Waals surface area (Å²) < 4.78 is 20.2. The normalized spacial score (nSPS) is 12.3. The Balaban J connectivity index is 2.49. The first-order valence-electron chi connectivity index (χ1n) is 5.43. The minimum Gasteiger partial charge on any atom is -0.496 e. The molecule has 1 aromatic heterocycles. The second-order valence-electron chi connectivity index (χ2n) is 3.88. The van der Waals surface area contributed by atoms with E-state index in [1.54, 1.807) is 12.3 Å². The minimum absolute atomic E-state index is 0.362. The zero-order chi connectivity index (χ0) is 14.0. The monoisotopic (exact) mass is 388 g/mol. The molecule has 6 heteroatoms. The molecule has 2 rings (SSSR count). The molecule has 3 nitrogen and oxygen atoms in total. The van der Waals surface area contributed by atoms with Crippen molar-refractivity contribution in [3.05, 3.63) is 56.5 Å². The van der Waals surface area contributed by atoms with Gasteiger partial charge in [-0.25, -0.2) is 4.39 Å². The van der Waals surface area contributed by atoms with Gasteiger partial charge in [0.05, 0.1) is 18.8 Å². The van der Waals surface area contributed by atoms with Crippen molar-refractivity contribution in [2.75, 3.05) is 7.11 Å². The van der Waals surface area contributed by atoms with Crippen molar-refractivity contribution in [2.45, 2.75) is 6.04 Å². The molecule has 1 heterocycles. The minimum atomic E-state index is -0.576. The fourth-order valence-electron chi connectivity index (χ4n) is 1.75. The molecule has 19 heavy (non-hydrogen) atoms. The molecule has 0 fully saturated rings. The van der Waals surface area contributed by atoms with E-state index in [1.165, 1.54) is 19.2 Å². The fourth-order valence-corrected chi connectivity index (χ4v) is 2.98. The van der Waals surface area contributed by atoms with E-state index < -0.39 is 6.04 Å². The molecule has 0 saturated carbocycles. The van der Waals surface area contributed by atoms with Crippen LogP contribution in [0.3, 0.4) is 0 Å². The van der Waals surface area contributed by atoms with Crippen LogP contribution in [-0.2, 0) is 0 Å². The van der Waals surface area contributed by atoms with Gasteiger partial charge in [0.15, 0.2) is 0 Å². The van der Waals surface area contributed by atoms with Crippen LogP contribution in [0.2, 0.25) is 0 Å². The van der Waals surface area contributed by atoms with Crippen LogP contribution < -0.4 is 10.5 Å². The van der Waals surface area contributed by atoms with Crippen LogP contribution in [-0.4, -0.2) is 12.1 Å². The van der Waals surface area contributed by atoms with Gasteiger partial charge in [-0.3, -0.25) is 4.98 Å². The Morgan fingerprint density at radius 2 is 2.05 bits per heavy atom. The summed E-state index contributed by atoms with van der Waals surface area (Å²) in [5.41, 5.74) is 7.33. The van der Waals surface area contributed by atoms with Crippen molar-refractivity contribution in [3.8, 4) is 5.75 Å². The standard InChI is InChI=1S/C13H11Br2FN2O/c1-19-11-3-2-8(16)5-9(11)12(17)13-10(15)4-7(14)6-18-13/h2-6,12H,17H2,1H3. The van der Waals surface area contributed by atoms with Gasteiger partial charge in [0.2, 0.25) is 0 Å². The summed E-state index contributed by atoms with van der Waals surface area (Å²) in [6.07, 6.45) is 1.64. The van der Waals surface area contributed by atoms with E-state index in [0.29, 0.717) is 17.0 Å². The SMILES string of the molecule is COc1ccc(F)cc1C(N)c1ncc(Br)cc1Br. The number of hydrogen-bond acceptors (Lipinski definition) is 3. The first-order valence-corrected chi connectivity index (χ1v) is 7.01. The summed E-state index contributed by atoms with van der Waals surface area (Å²) in [5.74, 6) is 0.171. The second kappa shape index (κ2) is 5.98. The summed E-state index contributed by atoms with van der Waals surface area (Å²) in [5, 5.41) is 0. The Hall–Kier alpha value is -0.980.